The lowest BCUT2D eigenvalue weighted by Gasteiger charge is -2.24. The summed E-state index contributed by atoms with van der Waals surface area (Å²) in [5.74, 6) is -0.152. The number of nitrogens with zero attached hydrogens (tertiary/aromatic N) is 1. The molecule has 0 saturated carbocycles. The summed E-state index contributed by atoms with van der Waals surface area (Å²) in [6.07, 6.45) is 1.36. The van der Waals surface area contributed by atoms with Crippen LogP contribution in [0.4, 0.5) is 11.4 Å². The maximum absolute atomic E-state index is 13.1. The zero-order chi connectivity index (χ0) is 31.5. The molecular weight excluding hydrogens is 552 g/mol. The molecule has 7 nitrogen and oxygen atoms in total. The molecule has 0 aliphatic heterocycles. The number of hydrogen-bond acceptors (Lipinski definition) is 5. The highest BCUT2D eigenvalue weighted by Crippen LogP contribution is 2.23. The summed E-state index contributed by atoms with van der Waals surface area (Å²) < 4.78 is 5.95. The van der Waals surface area contributed by atoms with Crippen molar-refractivity contribution in [3.63, 3.8) is 0 Å². The monoisotopic (exact) mass is 592 g/mol. The Morgan fingerprint density at radius 1 is 0.841 bits per heavy atom. The van der Waals surface area contributed by atoms with Crippen LogP contribution in [0.25, 0.3) is 0 Å². The van der Waals surface area contributed by atoms with Crippen LogP contribution < -0.4 is 15.0 Å². The van der Waals surface area contributed by atoms with Crippen LogP contribution in [0.15, 0.2) is 103 Å². The molecule has 4 rings (SSSR count). The van der Waals surface area contributed by atoms with Crippen molar-refractivity contribution in [2.75, 3.05) is 23.4 Å². The number of benzene rings is 4. The third kappa shape index (κ3) is 9.04. The number of ketones is 1. The molecule has 4 aromatic rings. The van der Waals surface area contributed by atoms with Gasteiger partial charge in [0.1, 0.15) is 11.8 Å². The highest BCUT2D eigenvalue weighted by molar-refractivity contribution is 6.12. The SMILES string of the molecule is Cc1ccc(N(CCCOc2ccc(C[C@H](Nc3ccccc3C(=O)c3ccccc3)C(=O)O)cc2)C(=O)CC(C)C)cc1. The van der Waals surface area contributed by atoms with Gasteiger partial charge in [-0.05, 0) is 61.2 Å². The van der Waals surface area contributed by atoms with E-state index >= 15 is 0 Å². The number of rotatable bonds is 15. The van der Waals surface area contributed by atoms with Crippen LogP contribution in [0, 0.1) is 12.8 Å². The van der Waals surface area contributed by atoms with Gasteiger partial charge in [-0.25, -0.2) is 4.79 Å². The van der Waals surface area contributed by atoms with Gasteiger partial charge in [0.25, 0.3) is 0 Å². The molecule has 0 aliphatic carbocycles. The van der Waals surface area contributed by atoms with Gasteiger partial charge in [0.05, 0.1) is 6.61 Å². The number of aryl methyl sites for hydroxylation is 1. The predicted molar refractivity (Wildman–Crippen MR) is 175 cm³/mol. The van der Waals surface area contributed by atoms with Crippen LogP contribution >= 0.6 is 0 Å². The molecule has 0 unspecified atom stereocenters. The van der Waals surface area contributed by atoms with Crippen molar-refractivity contribution in [2.24, 2.45) is 5.92 Å². The summed E-state index contributed by atoms with van der Waals surface area (Å²) in [7, 11) is 0. The molecular formula is C37H40N2O5. The van der Waals surface area contributed by atoms with E-state index in [2.05, 4.69) is 5.32 Å². The average molecular weight is 593 g/mol. The molecule has 44 heavy (non-hydrogen) atoms. The maximum atomic E-state index is 13.1. The quantitative estimate of drug-likeness (QED) is 0.112. The van der Waals surface area contributed by atoms with Gasteiger partial charge in [0.15, 0.2) is 5.78 Å². The van der Waals surface area contributed by atoms with Crippen molar-refractivity contribution in [2.45, 2.75) is 46.1 Å². The van der Waals surface area contributed by atoms with E-state index in [9.17, 15) is 19.5 Å². The van der Waals surface area contributed by atoms with Crippen LogP contribution in [0.2, 0.25) is 0 Å². The number of nitrogens with one attached hydrogen (secondary N) is 1. The zero-order valence-corrected chi connectivity index (χ0v) is 25.5. The van der Waals surface area contributed by atoms with Crippen LogP contribution in [-0.2, 0) is 16.0 Å². The molecule has 0 radical (unpaired) electrons. The van der Waals surface area contributed by atoms with E-state index in [1.807, 2.05) is 80.3 Å². The number of carbonyl (C=O) groups is 3. The number of carbonyl (C=O) groups excluding carboxylic acids is 2. The Bertz CT molecular complexity index is 1530. The van der Waals surface area contributed by atoms with Crippen molar-refractivity contribution in [3.05, 3.63) is 125 Å². The van der Waals surface area contributed by atoms with Crippen LogP contribution in [0.5, 0.6) is 5.75 Å². The fraction of sp³-hybridized carbons (Fsp3) is 0.270. The summed E-state index contributed by atoms with van der Waals surface area (Å²) in [5.41, 5.74) is 4.27. The summed E-state index contributed by atoms with van der Waals surface area (Å²) in [5, 5.41) is 13.0. The van der Waals surface area contributed by atoms with Gasteiger partial charge in [-0.1, -0.05) is 86.1 Å². The van der Waals surface area contributed by atoms with Gasteiger partial charge in [-0.15, -0.1) is 0 Å². The normalized spacial score (nSPS) is 11.5. The van der Waals surface area contributed by atoms with Gasteiger partial charge in [-0.3, -0.25) is 9.59 Å². The van der Waals surface area contributed by atoms with Crippen molar-refractivity contribution in [1.82, 2.24) is 0 Å². The Morgan fingerprint density at radius 2 is 1.50 bits per heavy atom. The highest BCUT2D eigenvalue weighted by atomic mass is 16.5. The van der Waals surface area contributed by atoms with Crippen LogP contribution in [-0.4, -0.2) is 42.0 Å². The van der Waals surface area contributed by atoms with Crippen molar-refractivity contribution < 1.29 is 24.2 Å². The smallest absolute Gasteiger partial charge is 0.326 e. The van der Waals surface area contributed by atoms with Gasteiger partial charge in [0.2, 0.25) is 5.91 Å². The standard InChI is InChI=1S/C37H40N2O5/c1-26(2)24-35(40)39(30-18-14-27(3)15-19-30)22-9-23-44-31-20-16-28(17-21-31)25-34(37(42)43)38-33-13-8-7-12-32(33)36(41)29-10-5-4-6-11-29/h4-8,10-21,26,34,38H,9,22-25H2,1-3H3,(H,42,43)/t34-/m0/s1. The van der Waals surface area contributed by atoms with E-state index in [4.69, 9.17) is 4.74 Å². The fourth-order valence-electron chi connectivity index (χ4n) is 4.89. The zero-order valence-electron chi connectivity index (χ0n) is 25.5. The first-order valence-corrected chi connectivity index (χ1v) is 15.0. The number of aliphatic carboxylic acids is 1. The van der Waals surface area contributed by atoms with E-state index in [0.29, 0.717) is 48.6 Å². The maximum Gasteiger partial charge on any atom is 0.326 e. The molecule has 0 bridgehead atoms. The Hall–Kier alpha value is -4.91. The van der Waals surface area contributed by atoms with Crippen molar-refractivity contribution in [1.29, 1.82) is 0 Å². The topological polar surface area (TPSA) is 95.9 Å². The third-order valence-corrected chi connectivity index (χ3v) is 7.22. The molecule has 1 amide bonds. The van der Waals surface area contributed by atoms with Gasteiger partial charge in [0, 0.05) is 41.9 Å². The van der Waals surface area contributed by atoms with E-state index in [-0.39, 0.29) is 24.0 Å². The number of anilines is 2. The first kappa shape index (κ1) is 32.0. The third-order valence-electron chi connectivity index (χ3n) is 7.22. The first-order valence-electron chi connectivity index (χ1n) is 15.0. The van der Waals surface area contributed by atoms with Crippen LogP contribution in [0.3, 0.4) is 0 Å². The number of carboxylic acids is 1. The number of hydrogen-bond donors (Lipinski definition) is 2. The van der Waals surface area contributed by atoms with E-state index in [0.717, 1.165) is 16.8 Å². The molecule has 0 fully saturated rings. The summed E-state index contributed by atoms with van der Waals surface area (Å²) in [6, 6.07) is 30.2. The Labute approximate surface area is 259 Å². The molecule has 1 atom stereocenters. The minimum Gasteiger partial charge on any atom is -0.494 e. The molecule has 0 aromatic heterocycles. The van der Waals surface area contributed by atoms with E-state index < -0.39 is 12.0 Å². The first-order chi connectivity index (χ1) is 21.2. The van der Waals surface area contributed by atoms with Crippen LogP contribution in [0.1, 0.15) is 53.7 Å². The number of ether oxygens (including phenoxy) is 1. The fourth-order valence-corrected chi connectivity index (χ4v) is 4.89. The Morgan fingerprint density at radius 3 is 2.16 bits per heavy atom. The Kier molecular flexibility index (Phi) is 11.3. The summed E-state index contributed by atoms with van der Waals surface area (Å²) in [4.78, 5) is 40.0. The molecule has 7 heteroatoms. The van der Waals surface area contributed by atoms with Gasteiger partial charge < -0.3 is 20.1 Å². The average Bonchev–Trinajstić information content (AvgIpc) is 3.02. The molecule has 228 valence electrons. The number of para-hydroxylation sites is 1. The minimum absolute atomic E-state index is 0.0989. The second kappa shape index (κ2) is 15.5. The van der Waals surface area contributed by atoms with E-state index in [1.165, 1.54) is 0 Å². The second-order valence-corrected chi connectivity index (χ2v) is 11.3. The lowest BCUT2D eigenvalue weighted by Crippen LogP contribution is -2.33. The molecule has 0 heterocycles. The lowest BCUT2D eigenvalue weighted by molar-refractivity contribution is -0.137. The van der Waals surface area contributed by atoms with Crippen molar-refractivity contribution in [3.8, 4) is 5.75 Å². The second-order valence-electron chi connectivity index (χ2n) is 11.3. The van der Waals surface area contributed by atoms with Crippen molar-refractivity contribution >= 4 is 29.0 Å². The minimum atomic E-state index is -1.02. The summed E-state index contributed by atoms with van der Waals surface area (Å²) in [6.45, 7) is 7.09. The van der Waals surface area contributed by atoms with Gasteiger partial charge >= 0.3 is 5.97 Å². The van der Waals surface area contributed by atoms with E-state index in [1.54, 1.807) is 48.5 Å². The molecule has 2 N–H and O–H groups in total. The number of carboxylic acid groups (broad SMARTS) is 1. The largest absolute Gasteiger partial charge is 0.494 e. The summed E-state index contributed by atoms with van der Waals surface area (Å²) >= 11 is 0. The molecule has 0 spiro atoms. The lowest BCUT2D eigenvalue weighted by atomic mass is 10.00. The predicted octanol–water partition coefficient (Wildman–Crippen LogP) is 7.18. The Balaban J connectivity index is 1.34. The molecule has 4 aromatic carbocycles. The number of amides is 1. The molecule has 0 saturated heterocycles. The van der Waals surface area contributed by atoms with Gasteiger partial charge in [-0.2, -0.15) is 0 Å². The molecule has 0 aliphatic rings. The highest BCUT2D eigenvalue weighted by Gasteiger charge is 2.22.